The number of benzene rings is 1. The molecule has 0 aliphatic carbocycles. The second-order valence-electron chi connectivity index (χ2n) is 10.2. The summed E-state index contributed by atoms with van der Waals surface area (Å²) in [4.78, 5) is 15.9. The minimum atomic E-state index is -1.46. The number of fused-ring (bicyclic) bond motifs is 1. The van der Waals surface area contributed by atoms with Crippen molar-refractivity contribution in [1.82, 2.24) is 29.2 Å². The van der Waals surface area contributed by atoms with E-state index in [0.717, 1.165) is 23.0 Å². The molecular weight excluding hydrogens is 518 g/mol. The van der Waals surface area contributed by atoms with E-state index < -0.39 is 5.60 Å². The molecule has 1 aliphatic rings. The van der Waals surface area contributed by atoms with Gasteiger partial charge in [-0.3, -0.25) is 9.67 Å². The Labute approximate surface area is 232 Å². The molecule has 11 heteroatoms. The lowest BCUT2D eigenvalue weighted by atomic mass is 9.79. The summed E-state index contributed by atoms with van der Waals surface area (Å²) in [7, 11) is 7.25. The molecule has 0 saturated carbocycles. The molecule has 0 amide bonds. The van der Waals surface area contributed by atoms with E-state index in [0.29, 0.717) is 32.9 Å². The molecule has 1 aromatic carbocycles. The number of hydrogen-bond acceptors (Lipinski definition) is 8. The number of aryl methyl sites for hydroxylation is 3. The maximum Gasteiger partial charge on any atom is 0.258 e. The molecule has 3 atom stereocenters. The molecule has 3 unspecified atom stereocenters. The van der Waals surface area contributed by atoms with Crippen LogP contribution in [0.15, 0.2) is 35.5 Å². The standard InChI is InChI=1S/C28H34ClN7O3/c1-15-11-20(36(7)33-15)14-39-25-24(29)21-12-19(9-10-22(21)32-27(25)38-8)28(37,23-13-30-17(3)34(23)5)26-16(2)31-18(4)35(26)6/h9-13,16,26,37H,14H2,1-8H3. The predicted molar refractivity (Wildman–Crippen MR) is 151 cm³/mol. The van der Waals surface area contributed by atoms with Gasteiger partial charge in [0.1, 0.15) is 12.4 Å². The molecule has 0 radical (unpaired) electrons. The first-order chi connectivity index (χ1) is 18.5. The summed E-state index contributed by atoms with van der Waals surface area (Å²) in [5, 5.41) is 18.1. The summed E-state index contributed by atoms with van der Waals surface area (Å²) < 4.78 is 15.4. The predicted octanol–water partition coefficient (Wildman–Crippen LogP) is 3.92. The number of aliphatic hydroxyl groups is 1. The van der Waals surface area contributed by atoms with Gasteiger partial charge in [0.25, 0.3) is 5.88 Å². The number of ether oxygens (including phenoxy) is 2. The molecule has 5 rings (SSSR count). The van der Waals surface area contributed by atoms with Crippen molar-refractivity contribution in [2.75, 3.05) is 14.2 Å². The fraction of sp³-hybridized carbons (Fsp3) is 0.429. The largest absolute Gasteiger partial charge is 0.480 e. The van der Waals surface area contributed by atoms with Crippen molar-refractivity contribution in [2.45, 2.75) is 52.0 Å². The van der Waals surface area contributed by atoms with E-state index in [1.54, 1.807) is 10.9 Å². The average molecular weight is 552 g/mol. The number of pyridine rings is 1. The molecule has 1 N–H and O–H groups in total. The van der Waals surface area contributed by atoms with Crippen LogP contribution >= 0.6 is 11.6 Å². The SMILES string of the molecule is COc1nc2ccc(C(O)(c3cnc(C)n3C)C3C(C)N=C(C)N3C)cc2c(Cl)c1OCc1cc(C)nn1C. The number of hydrogen-bond donors (Lipinski definition) is 1. The Hall–Kier alpha value is -3.63. The molecule has 0 fully saturated rings. The van der Waals surface area contributed by atoms with Crippen LogP contribution in [0.2, 0.25) is 5.02 Å². The third kappa shape index (κ3) is 4.31. The molecule has 0 bridgehead atoms. The van der Waals surface area contributed by atoms with Crippen LogP contribution in [0, 0.1) is 13.8 Å². The smallest absolute Gasteiger partial charge is 0.258 e. The Morgan fingerprint density at radius 3 is 2.44 bits per heavy atom. The lowest BCUT2D eigenvalue weighted by Crippen LogP contribution is -2.53. The van der Waals surface area contributed by atoms with Gasteiger partial charge < -0.3 is 24.0 Å². The summed E-state index contributed by atoms with van der Waals surface area (Å²) in [6.45, 7) is 8.04. The van der Waals surface area contributed by atoms with Crippen molar-refractivity contribution in [2.24, 2.45) is 19.1 Å². The topological polar surface area (TPSA) is 103 Å². The minimum absolute atomic E-state index is 0.170. The zero-order valence-electron chi connectivity index (χ0n) is 23.5. The molecule has 39 heavy (non-hydrogen) atoms. The van der Waals surface area contributed by atoms with Crippen molar-refractivity contribution in [3.8, 4) is 11.6 Å². The first kappa shape index (κ1) is 27.0. The van der Waals surface area contributed by atoms with Gasteiger partial charge in [0.15, 0.2) is 5.60 Å². The van der Waals surface area contributed by atoms with E-state index in [1.165, 1.54) is 7.11 Å². The minimum Gasteiger partial charge on any atom is -0.480 e. The van der Waals surface area contributed by atoms with Gasteiger partial charge >= 0.3 is 0 Å². The van der Waals surface area contributed by atoms with Gasteiger partial charge in [0.2, 0.25) is 5.75 Å². The van der Waals surface area contributed by atoms with Crippen molar-refractivity contribution in [3.63, 3.8) is 0 Å². The van der Waals surface area contributed by atoms with Crippen molar-refractivity contribution in [1.29, 1.82) is 0 Å². The van der Waals surface area contributed by atoms with Crippen molar-refractivity contribution >= 4 is 28.3 Å². The monoisotopic (exact) mass is 551 g/mol. The van der Waals surface area contributed by atoms with E-state index in [4.69, 9.17) is 26.1 Å². The van der Waals surface area contributed by atoms with Gasteiger partial charge in [0.05, 0.1) is 58.8 Å². The highest BCUT2D eigenvalue weighted by Gasteiger charge is 2.50. The van der Waals surface area contributed by atoms with Gasteiger partial charge in [0, 0.05) is 26.5 Å². The fourth-order valence-corrected chi connectivity index (χ4v) is 5.86. The summed E-state index contributed by atoms with van der Waals surface area (Å²) in [5.41, 5.74) is 2.24. The molecule has 0 spiro atoms. The lowest BCUT2D eigenvalue weighted by Gasteiger charge is -2.40. The van der Waals surface area contributed by atoms with Crippen molar-refractivity contribution < 1.29 is 14.6 Å². The number of aliphatic imine (C=N–C) groups is 1. The molecule has 0 saturated heterocycles. The summed E-state index contributed by atoms with van der Waals surface area (Å²) in [5.74, 6) is 2.26. The zero-order valence-corrected chi connectivity index (χ0v) is 24.3. The molecule has 3 aromatic heterocycles. The highest BCUT2D eigenvalue weighted by Crippen LogP contribution is 2.44. The Morgan fingerprint density at radius 1 is 1.13 bits per heavy atom. The van der Waals surface area contributed by atoms with E-state index in [-0.39, 0.29) is 24.6 Å². The molecule has 10 nitrogen and oxygen atoms in total. The van der Waals surface area contributed by atoms with Gasteiger partial charge in [-0.25, -0.2) is 9.97 Å². The number of halogens is 1. The molecule has 1 aliphatic heterocycles. The van der Waals surface area contributed by atoms with Gasteiger partial charge in [-0.05, 0) is 51.5 Å². The van der Waals surface area contributed by atoms with Crippen LogP contribution in [0.5, 0.6) is 11.6 Å². The quantitative estimate of drug-likeness (QED) is 0.371. The molecule has 4 aromatic rings. The van der Waals surface area contributed by atoms with Crippen LogP contribution in [0.1, 0.15) is 42.3 Å². The molecule has 206 valence electrons. The molecule has 4 heterocycles. The number of nitrogens with zero attached hydrogens (tertiary/aromatic N) is 7. The third-order valence-corrected chi connectivity index (χ3v) is 8.13. The number of imidazole rings is 1. The Morgan fingerprint density at radius 2 is 1.87 bits per heavy atom. The highest BCUT2D eigenvalue weighted by atomic mass is 35.5. The van der Waals surface area contributed by atoms with E-state index in [9.17, 15) is 5.11 Å². The van der Waals surface area contributed by atoms with Crippen LogP contribution in [-0.4, -0.2) is 66.4 Å². The van der Waals surface area contributed by atoms with Crippen LogP contribution in [-0.2, 0) is 26.3 Å². The normalized spacial score (nSPS) is 18.9. The van der Waals surface area contributed by atoms with Crippen LogP contribution < -0.4 is 9.47 Å². The Balaban J connectivity index is 1.66. The van der Waals surface area contributed by atoms with Gasteiger partial charge in [-0.1, -0.05) is 17.7 Å². The number of aromatic nitrogens is 5. The Kier molecular flexibility index (Phi) is 6.80. The van der Waals surface area contributed by atoms with E-state index in [2.05, 4.69) is 15.1 Å². The van der Waals surface area contributed by atoms with Crippen LogP contribution in [0.4, 0.5) is 0 Å². The van der Waals surface area contributed by atoms with Gasteiger partial charge in [-0.2, -0.15) is 5.10 Å². The van der Waals surface area contributed by atoms with Gasteiger partial charge in [-0.15, -0.1) is 0 Å². The summed E-state index contributed by atoms with van der Waals surface area (Å²) in [6.07, 6.45) is 1.73. The van der Waals surface area contributed by atoms with Crippen molar-refractivity contribution in [3.05, 3.63) is 64.0 Å². The maximum absolute atomic E-state index is 12.7. The maximum atomic E-state index is 12.7. The first-order valence-corrected chi connectivity index (χ1v) is 13.1. The van der Waals surface area contributed by atoms with E-state index in [1.807, 2.05) is 82.6 Å². The summed E-state index contributed by atoms with van der Waals surface area (Å²) in [6, 6.07) is 7.00. The highest BCUT2D eigenvalue weighted by molar-refractivity contribution is 6.37. The average Bonchev–Trinajstić information content (AvgIpc) is 3.50. The molecular formula is C28H34ClN7O3. The first-order valence-electron chi connectivity index (χ1n) is 12.8. The van der Waals surface area contributed by atoms with Crippen LogP contribution in [0.25, 0.3) is 10.9 Å². The lowest BCUT2D eigenvalue weighted by molar-refractivity contribution is 0.00245. The van der Waals surface area contributed by atoms with E-state index >= 15 is 0 Å². The second-order valence-corrected chi connectivity index (χ2v) is 10.6. The fourth-order valence-electron chi connectivity index (χ4n) is 5.57. The number of methoxy groups -OCH3 is 1. The van der Waals surface area contributed by atoms with Crippen LogP contribution in [0.3, 0.4) is 0 Å². The second kappa shape index (κ2) is 9.84. The number of amidine groups is 1. The number of likely N-dealkylation sites (N-methyl/N-ethyl adjacent to an activating group) is 1. The summed E-state index contributed by atoms with van der Waals surface area (Å²) >= 11 is 6.98. The number of rotatable bonds is 7. The third-order valence-electron chi connectivity index (χ3n) is 7.76. The zero-order chi connectivity index (χ0) is 28.2. The Bertz CT molecular complexity index is 1590.